The number of nitrogens with zero attached hydrogens (tertiary/aromatic N) is 1. The Morgan fingerprint density at radius 1 is 0.690 bits per heavy atom. The Kier molecular flexibility index (Phi) is 29.2. The molecule has 154 valence electrons. The molecule has 29 heavy (non-hydrogen) atoms. The fourth-order valence-corrected chi connectivity index (χ4v) is 21.6. The Hall–Kier alpha value is -0.858. The van der Waals surface area contributed by atoms with Crippen LogP contribution in [0.5, 0.6) is 0 Å². The van der Waals surface area contributed by atoms with Crippen molar-refractivity contribution in [1.29, 1.82) is 0 Å². The third-order valence-electron chi connectivity index (χ3n) is 3.30. The summed E-state index contributed by atoms with van der Waals surface area (Å²) in [5, 5.41) is 0. The van der Waals surface area contributed by atoms with Crippen LogP contribution in [0, 0.1) is 33.3 Å². The van der Waals surface area contributed by atoms with E-state index in [4.69, 9.17) is 28.0 Å². The first kappa shape index (κ1) is 38.7. The molecular weight excluding hydrogens is 593 g/mol. The van der Waals surface area contributed by atoms with Gasteiger partial charge in [0.05, 0.1) is 29.7 Å². The Balaban J connectivity index is -0.000000153. The third-order valence-corrected chi connectivity index (χ3v) is 19.4. The quantitative estimate of drug-likeness (QED) is 0.201. The molecule has 0 aliphatic carbocycles. The number of hydrogen-bond donors (Lipinski definition) is 0. The van der Waals surface area contributed by atoms with Crippen LogP contribution in [0.4, 0.5) is 0 Å². The first-order valence-corrected chi connectivity index (χ1v) is 16.2. The molecule has 1 heterocycles. The number of hydrogen-bond acceptors (Lipinski definition) is 1. The summed E-state index contributed by atoms with van der Waals surface area (Å²) in [6.45, 7) is 37.6. The van der Waals surface area contributed by atoms with Gasteiger partial charge in [-0.05, 0) is 4.91 Å². The van der Waals surface area contributed by atoms with Crippen LogP contribution in [0.3, 0.4) is 0 Å². The predicted octanol–water partition coefficient (Wildman–Crippen LogP) is 4.78. The van der Waals surface area contributed by atoms with Crippen molar-refractivity contribution in [3.8, 4) is 0 Å². The summed E-state index contributed by atoms with van der Waals surface area (Å²) in [6.07, 6.45) is 0. The molecule has 0 fully saturated rings. The molecule has 0 bridgehead atoms. The molecule has 1 aromatic carbocycles. The van der Waals surface area contributed by atoms with E-state index in [9.17, 15) is 0 Å². The van der Waals surface area contributed by atoms with Gasteiger partial charge in [0, 0.05) is 26.6 Å². The fourth-order valence-electron chi connectivity index (χ4n) is 3.07. The minimum atomic E-state index is -1.12. The monoisotopic (exact) mass is 617 g/mol. The number of rotatable bonds is 4. The van der Waals surface area contributed by atoms with Crippen LogP contribution in [0.1, 0.15) is 5.56 Å². The van der Waals surface area contributed by atoms with Gasteiger partial charge in [0.25, 0.3) is 0 Å². The molecule has 10 heteroatoms. The summed E-state index contributed by atoms with van der Waals surface area (Å²) in [4.78, 5) is 0.926. The van der Waals surface area contributed by atoms with Crippen molar-refractivity contribution in [2.24, 2.45) is 4.76 Å². The second kappa shape index (κ2) is 21.8. The van der Waals surface area contributed by atoms with E-state index in [1.54, 1.807) is 0 Å². The van der Waals surface area contributed by atoms with Gasteiger partial charge in [0.1, 0.15) is 0 Å². The van der Waals surface area contributed by atoms with Gasteiger partial charge in [-0.15, -0.1) is 0 Å². The normalized spacial score (nSPS) is 12.7. The van der Waals surface area contributed by atoms with E-state index >= 15 is 0 Å². The van der Waals surface area contributed by atoms with Crippen molar-refractivity contribution < 1.29 is 44.3 Å². The fraction of sp³-hybridized carbons (Fsp3) is 0.368. The topological polar surface area (TPSA) is 112 Å². The molecule has 0 saturated heterocycles. The second-order valence-electron chi connectivity index (χ2n) is 7.27. The van der Waals surface area contributed by atoms with Gasteiger partial charge in [-0.3, -0.25) is 4.76 Å². The Bertz CT molecular complexity index is 625. The summed E-state index contributed by atoms with van der Waals surface area (Å²) in [5.74, 6) is 0. The average molecular weight is 617 g/mol. The van der Waals surface area contributed by atoms with Gasteiger partial charge in [0.15, 0.2) is 0 Å². The Labute approximate surface area is 191 Å². The zero-order valence-corrected chi connectivity index (χ0v) is 23.1. The van der Waals surface area contributed by atoms with Crippen LogP contribution in [0.2, 0.25) is 39.3 Å². The molecule has 1 aromatic rings. The predicted molar refractivity (Wildman–Crippen MR) is 110 cm³/mol. The maximum Gasteiger partial charge on any atom is 0 e. The Morgan fingerprint density at radius 2 is 1.00 bits per heavy atom. The standard InChI is InChI=1S/C14H24NPSi2.5CO.W/c1-17(2,3)14(18(4,5)6)16-13(15-16)12-10-8-7-9-11-12;5*1-2;/h7-11,14H,1-6H3;;;;;;. The van der Waals surface area contributed by atoms with Crippen LogP contribution < -0.4 is 0 Å². The van der Waals surface area contributed by atoms with Crippen LogP contribution in [-0.2, 0) is 44.3 Å². The van der Waals surface area contributed by atoms with Crippen molar-refractivity contribution in [2.75, 3.05) is 0 Å². The molecular formula is C19H24NO5PSi2W. The van der Waals surface area contributed by atoms with Gasteiger partial charge < -0.3 is 0 Å². The van der Waals surface area contributed by atoms with E-state index in [0.29, 0.717) is 0 Å². The van der Waals surface area contributed by atoms with Gasteiger partial charge in [-0.2, -0.15) is 0 Å². The molecule has 6 nitrogen and oxygen atoms in total. The zero-order valence-electron chi connectivity index (χ0n) is 17.3. The summed E-state index contributed by atoms with van der Waals surface area (Å²) in [5.41, 5.74) is 2.80. The molecule has 1 unspecified atom stereocenters. The van der Waals surface area contributed by atoms with Crippen LogP contribution in [0.15, 0.2) is 35.1 Å². The van der Waals surface area contributed by atoms with Gasteiger partial charge >= 0.3 is 56.5 Å². The maximum absolute atomic E-state index is 7.50. The molecule has 0 amide bonds. The third kappa shape index (κ3) is 15.6. The van der Waals surface area contributed by atoms with Gasteiger partial charge in [-0.25, -0.2) is 0 Å². The van der Waals surface area contributed by atoms with E-state index in [1.807, 2.05) is 0 Å². The summed E-state index contributed by atoms with van der Waals surface area (Å²) < 4.78 is 42.4. The molecule has 0 saturated carbocycles. The first-order valence-electron chi connectivity index (χ1n) is 7.66. The van der Waals surface area contributed by atoms with Crippen molar-refractivity contribution in [3.63, 3.8) is 0 Å². The minimum Gasteiger partial charge on any atom is 0 e. The first-order chi connectivity index (χ1) is 13.2. The zero-order chi connectivity index (χ0) is 23.6. The van der Waals surface area contributed by atoms with Gasteiger partial charge in [-0.1, -0.05) is 69.6 Å². The van der Waals surface area contributed by atoms with Gasteiger partial charge in [0.2, 0.25) is 0 Å². The number of benzene rings is 1. The molecule has 1 aliphatic rings. The molecule has 2 rings (SSSR count). The summed E-state index contributed by atoms with van der Waals surface area (Å²) in [7, 11) is -2.41. The second-order valence-corrected chi connectivity index (χ2v) is 21.3. The van der Waals surface area contributed by atoms with Crippen molar-refractivity contribution >= 4 is 29.7 Å². The molecule has 1 atom stereocenters. The smallest absolute Gasteiger partial charge is 0 e. The average Bonchev–Trinajstić information content (AvgIpc) is 3.48. The minimum absolute atomic E-state index is 0. The molecule has 1 aliphatic heterocycles. The van der Waals surface area contributed by atoms with E-state index < -0.39 is 16.1 Å². The summed E-state index contributed by atoms with van der Waals surface area (Å²) in [6, 6.07) is 10.8. The van der Waals surface area contributed by atoms with Crippen molar-refractivity contribution in [2.45, 2.75) is 44.2 Å². The SMILES string of the molecule is C[Si](C)(C)C(P1N=C1c1ccccc1)[Si](C)(C)C.[C-]#[O+].[C-]#[O+].[C-]#[O+].[C-]#[O+].[C-]#[O+].[W]. The van der Waals surface area contributed by atoms with Crippen molar-refractivity contribution in [1.82, 2.24) is 0 Å². The van der Waals surface area contributed by atoms with E-state index in [2.05, 4.69) is 103 Å². The maximum atomic E-state index is 7.50. The molecule has 0 radical (unpaired) electrons. The van der Waals surface area contributed by atoms with Crippen LogP contribution >= 0.6 is 8.07 Å². The van der Waals surface area contributed by atoms with E-state index in [-0.39, 0.29) is 29.1 Å². The molecule has 0 N–H and O–H groups in total. The van der Waals surface area contributed by atoms with E-state index in [1.165, 1.54) is 11.0 Å². The van der Waals surface area contributed by atoms with E-state index in [0.717, 1.165) is 4.91 Å². The molecule has 0 aromatic heterocycles. The Morgan fingerprint density at radius 3 is 1.28 bits per heavy atom. The largest absolute Gasteiger partial charge is 0 e. The van der Waals surface area contributed by atoms with Crippen molar-refractivity contribution in [3.05, 3.63) is 69.1 Å². The molecule has 0 spiro atoms. The summed E-state index contributed by atoms with van der Waals surface area (Å²) >= 11 is 0. The van der Waals surface area contributed by atoms with Crippen LogP contribution in [-0.4, -0.2) is 26.5 Å². The van der Waals surface area contributed by atoms with Crippen LogP contribution in [0.25, 0.3) is 0 Å².